The van der Waals surface area contributed by atoms with Crippen molar-refractivity contribution in [3.05, 3.63) is 54.2 Å². The van der Waals surface area contributed by atoms with Crippen LogP contribution in [0.15, 0.2) is 47.3 Å². The number of aliphatic hydroxyl groups excluding tert-OH is 1. The van der Waals surface area contributed by atoms with E-state index in [4.69, 9.17) is 9.15 Å². The fraction of sp³-hybridized carbons (Fsp3) is 0.474. The topological polar surface area (TPSA) is 75.8 Å². The molecule has 1 N–H and O–H groups in total. The standard InChI is InChI=1S/C19H22N2O4/c22-17(18-4-2-7-25-18)9-14-12-24-8-6-21(14)19(23)16-10-15(16)13-3-1-5-20-11-13/h1-5,7,11,14-17,22H,6,8-10,12H2/t14-,15-,16+,17-/m0/s1. The average Bonchev–Trinajstić information content (AvgIpc) is 3.26. The molecule has 1 aliphatic heterocycles. The molecule has 0 spiro atoms. The molecule has 1 amide bonds. The molecule has 2 fully saturated rings. The van der Waals surface area contributed by atoms with Gasteiger partial charge in [-0.15, -0.1) is 0 Å². The Hall–Kier alpha value is -2.18. The van der Waals surface area contributed by atoms with Crippen molar-refractivity contribution in [2.75, 3.05) is 19.8 Å². The van der Waals surface area contributed by atoms with Gasteiger partial charge in [0.2, 0.25) is 5.91 Å². The first kappa shape index (κ1) is 16.3. The van der Waals surface area contributed by atoms with Gasteiger partial charge in [0.15, 0.2) is 0 Å². The smallest absolute Gasteiger partial charge is 0.226 e. The summed E-state index contributed by atoms with van der Waals surface area (Å²) in [5, 5.41) is 10.3. The second-order valence-corrected chi connectivity index (χ2v) is 6.76. The summed E-state index contributed by atoms with van der Waals surface area (Å²) in [6.45, 7) is 1.57. The fourth-order valence-corrected chi connectivity index (χ4v) is 3.64. The normalized spacial score (nSPS) is 27.1. The number of ether oxygens (including phenoxy) is 1. The van der Waals surface area contributed by atoms with Gasteiger partial charge in [0.25, 0.3) is 0 Å². The minimum absolute atomic E-state index is 0.0190. The lowest BCUT2D eigenvalue weighted by atomic mass is 10.0. The number of nitrogens with zero attached hydrogens (tertiary/aromatic N) is 2. The van der Waals surface area contributed by atoms with Gasteiger partial charge in [0.05, 0.1) is 25.5 Å². The zero-order chi connectivity index (χ0) is 17.2. The summed E-state index contributed by atoms with van der Waals surface area (Å²) in [5.74, 6) is 0.969. The SMILES string of the molecule is O=C([C@@H]1C[C@H]1c1cccnc1)N1CCOC[C@@H]1C[C@H](O)c1ccco1. The van der Waals surface area contributed by atoms with Crippen molar-refractivity contribution >= 4 is 5.91 Å². The number of hydrogen-bond acceptors (Lipinski definition) is 5. The summed E-state index contributed by atoms with van der Waals surface area (Å²) in [6, 6.07) is 7.31. The van der Waals surface area contributed by atoms with Gasteiger partial charge < -0.3 is 19.2 Å². The van der Waals surface area contributed by atoms with Crippen LogP contribution in [0.3, 0.4) is 0 Å². The molecule has 0 aromatic carbocycles. The van der Waals surface area contributed by atoms with Crippen LogP contribution in [-0.4, -0.2) is 46.7 Å². The van der Waals surface area contributed by atoms with Crippen molar-refractivity contribution in [2.45, 2.75) is 30.9 Å². The van der Waals surface area contributed by atoms with Crippen molar-refractivity contribution in [3.8, 4) is 0 Å². The summed E-state index contributed by atoms with van der Waals surface area (Å²) >= 11 is 0. The van der Waals surface area contributed by atoms with Crippen molar-refractivity contribution in [3.63, 3.8) is 0 Å². The molecule has 2 aromatic rings. The van der Waals surface area contributed by atoms with Gasteiger partial charge in [0.1, 0.15) is 11.9 Å². The molecule has 1 saturated carbocycles. The number of carbonyl (C=O) groups excluding carboxylic acids is 1. The summed E-state index contributed by atoms with van der Waals surface area (Å²) in [4.78, 5) is 19.0. The molecule has 4 atom stereocenters. The quantitative estimate of drug-likeness (QED) is 0.901. The maximum Gasteiger partial charge on any atom is 0.226 e. The van der Waals surface area contributed by atoms with E-state index in [1.807, 2.05) is 23.2 Å². The Morgan fingerprint density at radius 1 is 1.40 bits per heavy atom. The number of morpholine rings is 1. The third-order valence-corrected chi connectivity index (χ3v) is 5.10. The Balaban J connectivity index is 1.42. The number of aliphatic hydroxyl groups is 1. The van der Waals surface area contributed by atoms with Crippen LogP contribution < -0.4 is 0 Å². The lowest BCUT2D eigenvalue weighted by Crippen LogP contribution is -2.50. The molecule has 2 aromatic heterocycles. The van der Waals surface area contributed by atoms with Gasteiger partial charge in [-0.05, 0) is 36.1 Å². The van der Waals surface area contributed by atoms with Crippen LogP contribution in [0.4, 0.5) is 0 Å². The predicted octanol–water partition coefficient (Wildman–Crippen LogP) is 2.13. The van der Waals surface area contributed by atoms with Crippen molar-refractivity contribution < 1.29 is 19.1 Å². The molecule has 1 saturated heterocycles. The Labute approximate surface area is 146 Å². The maximum absolute atomic E-state index is 13.0. The van der Waals surface area contributed by atoms with Crippen LogP contribution in [0, 0.1) is 5.92 Å². The number of aromatic nitrogens is 1. The zero-order valence-electron chi connectivity index (χ0n) is 14.0. The zero-order valence-corrected chi connectivity index (χ0v) is 14.0. The van der Waals surface area contributed by atoms with Crippen molar-refractivity contribution in [1.82, 2.24) is 9.88 Å². The number of amides is 1. The number of furan rings is 1. The Bertz CT molecular complexity index is 703. The summed E-state index contributed by atoms with van der Waals surface area (Å²) in [6.07, 6.45) is 5.69. The highest BCUT2D eigenvalue weighted by Crippen LogP contribution is 2.48. The van der Waals surface area contributed by atoms with Gasteiger partial charge in [-0.2, -0.15) is 0 Å². The highest BCUT2D eigenvalue weighted by molar-refractivity contribution is 5.83. The molecule has 0 unspecified atom stereocenters. The van der Waals surface area contributed by atoms with E-state index in [1.54, 1.807) is 24.6 Å². The van der Waals surface area contributed by atoms with Crippen molar-refractivity contribution in [2.24, 2.45) is 5.92 Å². The molecule has 0 radical (unpaired) electrons. The van der Waals surface area contributed by atoms with Crippen LogP contribution in [0.2, 0.25) is 0 Å². The number of carbonyl (C=O) groups is 1. The monoisotopic (exact) mass is 342 g/mol. The van der Waals surface area contributed by atoms with Gasteiger partial charge in [-0.25, -0.2) is 0 Å². The van der Waals surface area contributed by atoms with E-state index in [-0.39, 0.29) is 23.8 Å². The van der Waals surface area contributed by atoms with E-state index in [2.05, 4.69) is 4.98 Å². The first-order valence-electron chi connectivity index (χ1n) is 8.73. The number of rotatable bonds is 5. The minimum atomic E-state index is -0.731. The van der Waals surface area contributed by atoms with Crippen LogP contribution in [-0.2, 0) is 9.53 Å². The Morgan fingerprint density at radius 2 is 2.32 bits per heavy atom. The molecule has 6 nitrogen and oxygen atoms in total. The summed E-state index contributed by atoms with van der Waals surface area (Å²) in [7, 11) is 0. The van der Waals surface area contributed by atoms with E-state index in [1.165, 1.54) is 0 Å². The first-order chi connectivity index (χ1) is 12.2. The average molecular weight is 342 g/mol. The van der Waals surface area contributed by atoms with E-state index in [9.17, 15) is 9.90 Å². The molecule has 2 aliphatic rings. The molecule has 132 valence electrons. The number of hydrogen-bond donors (Lipinski definition) is 1. The minimum Gasteiger partial charge on any atom is -0.467 e. The van der Waals surface area contributed by atoms with Gasteiger partial charge >= 0.3 is 0 Å². The molecule has 4 rings (SSSR count). The highest BCUT2D eigenvalue weighted by atomic mass is 16.5. The van der Waals surface area contributed by atoms with Gasteiger partial charge in [-0.3, -0.25) is 9.78 Å². The first-order valence-corrected chi connectivity index (χ1v) is 8.73. The molecule has 0 bridgehead atoms. The molecular formula is C19H22N2O4. The fourth-order valence-electron chi connectivity index (χ4n) is 3.64. The summed E-state index contributed by atoms with van der Waals surface area (Å²) < 4.78 is 10.8. The molecule has 25 heavy (non-hydrogen) atoms. The maximum atomic E-state index is 13.0. The van der Waals surface area contributed by atoms with Crippen LogP contribution in [0.5, 0.6) is 0 Å². The van der Waals surface area contributed by atoms with Crippen molar-refractivity contribution in [1.29, 1.82) is 0 Å². The Kier molecular flexibility index (Phi) is 4.55. The molecule has 6 heteroatoms. The second-order valence-electron chi connectivity index (χ2n) is 6.76. The third-order valence-electron chi connectivity index (χ3n) is 5.10. The molecule has 3 heterocycles. The van der Waals surface area contributed by atoms with Gasteiger partial charge in [0, 0.05) is 31.3 Å². The third kappa shape index (κ3) is 3.45. The lowest BCUT2D eigenvalue weighted by molar-refractivity contribution is -0.142. The number of pyridine rings is 1. The lowest BCUT2D eigenvalue weighted by Gasteiger charge is -2.36. The van der Waals surface area contributed by atoms with Crippen LogP contribution >= 0.6 is 0 Å². The van der Waals surface area contributed by atoms with E-state index in [0.29, 0.717) is 31.9 Å². The second kappa shape index (κ2) is 6.98. The van der Waals surface area contributed by atoms with Crippen LogP contribution in [0.1, 0.15) is 36.2 Å². The highest BCUT2D eigenvalue weighted by Gasteiger charge is 2.47. The largest absolute Gasteiger partial charge is 0.467 e. The molecular weight excluding hydrogens is 320 g/mol. The summed E-state index contributed by atoms with van der Waals surface area (Å²) in [5.41, 5.74) is 1.13. The van der Waals surface area contributed by atoms with E-state index < -0.39 is 6.10 Å². The van der Waals surface area contributed by atoms with E-state index in [0.717, 1.165) is 12.0 Å². The van der Waals surface area contributed by atoms with Gasteiger partial charge in [-0.1, -0.05) is 6.07 Å². The van der Waals surface area contributed by atoms with Crippen LogP contribution in [0.25, 0.3) is 0 Å². The molecule has 1 aliphatic carbocycles. The Morgan fingerprint density at radius 3 is 3.08 bits per heavy atom. The van der Waals surface area contributed by atoms with E-state index >= 15 is 0 Å². The predicted molar refractivity (Wildman–Crippen MR) is 89.7 cm³/mol.